The van der Waals surface area contributed by atoms with E-state index in [4.69, 9.17) is 4.74 Å². The van der Waals surface area contributed by atoms with Crippen molar-refractivity contribution in [1.29, 1.82) is 0 Å². The summed E-state index contributed by atoms with van der Waals surface area (Å²) >= 11 is 0. The molecule has 0 aromatic carbocycles. The zero-order valence-electron chi connectivity index (χ0n) is 11.8. The maximum absolute atomic E-state index is 12.4. The molecule has 100 valence electrons. The molecule has 0 radical (unpaired) electrons. The van der Waals surface area contributed by atoms with Crippen molar-refractivity contribution in [2.75, 3.05) is 7.11 Å². The van der Waals surface area contributed by atoms with E-state index in [2.05, 4.69) is 0 Å². The molecule has 0 aromatic heterocycles. The normalized spacial score (nSPS) is 23.6. The maximum Gasteiger partial charge on any atom is 0.179 e. The summed E-state index contributed by atoms with van der Waals surface area (Å²) in [6.45, 7) is 8.37. The van der Waals surface area contributed by atoms with E-state index in [1.807, 2.05) is 0 Å². The Morgan fingerprint density at radius 3 is 2.17 bits per heavy atom. The lowest BCUT2D eigenvalue weighted by molar-refractivity contribution is -0.145. The topological polar surface area (TPSA) is 60.4 Å². The number of allylic oxidation sites excluding steroid dienone is 2. The van der Waals surface area contributed by atoms with Gasteiger partial charge >= 0.3 is 0 Å². The van der Waals surface area contributed by atoms with Crippen LogP contribution in [0.1, 0.15) is 34.6 Å². The van der Waals surface area contributed by atoms with E-state index in [0.29, 0.717) is 11.3 Å². The number of hydrogen-bond acceptors (Lipinski definition) is 4. The van der Waals surface area contributed by atoms with Crippen molar-refractivity contribution < 1.29 is 19.1 Å². The van der Waals surface area contributed by atoms with E-state index < -0.39 is 17.1 Å². The second-order valence-electron chi connectivity index (χ2n) is 5.50. The third kappa shape index (κ3) is 2.00. The summed E-state index contributed by atoms with van der Waals surface area (Å²) in [6, 6.07) is 0. The number of carbonyl (C=O) groups excluding carboxylic acids is 3. The monoisotopic (exact) mass is 252 g/mol. The molecule has 18 heavy (non-hydrogen) atoms. The second-order valence-corrected chi connectivity index (χ2v) is 5.50. The summed E-state index contributed by atoms with van der Waals surface area (Å²) in [4.78, 5) is 36.6. The van der Waals surface area contributed by atoms with E-state index >= 15 is 0 Å². The molecule has 4 nitrogen and oxygen atoms in total. The molecule has 0 heterocycles. The summed E-state index contributed by atoms with van der Waals surface area (Å²) in [5.41, 5.74) is -0.553. The van der Waals surface area contributed by atoms with Crippen LogP contribution in [0.25, 0.3) is 0 Å². The van der Waals surface area contributed by atoms with Crippen LogP contribution in [0.3, 0.4) is 0 Å². The Hall–Kier alpha value is -1.45. The average Bonchev–Trinajstić information content (AvgIpc) is 2.27. The van der Waals surface area contributed by atoms with Gasteiger partial charge in [-0.25, -0.2) is 0 Å². The fourth-order valence-corrected chi connectivity index (χ4v) is 2.39. The van der Waals surface area contributed by atoms with Crippen LogP contribution in [-0.2, 0) is 19.1 Å². The van der Waals surface area contributed by atoms with Gasteiger partial charge in [0.1, 0.15) is 11.7 Å². The highest BCUT2D eigenvalue weighted by molar-refractivity contribution is 6.27. The minimum absolute atomic E-state index is 0.312. The highest BCUT2D eigenvalue weighted by Gasteiger charge is 2.50. The molecule has 0 aliphatic heterocycles. The Bertz CT molecular complexity index is 441. The Morgan fingerprint density at radius 2 is 1.78 bits per heavy atom. The van der Waals surface area contributed by atoms with Crippen LogP contribution in [0.4, 0.5) is 0 Å². The molecule has 1 atom stereocenters. The Balaban J connectivity index is 3.38. The standard InChI is InChI=1S/C14H20O4/c1-7(2)10(15)9-11(16)8(3)13(18-6)14(4,5)12(9)17/h7,9H,1-6H3/t9-/m0/s1. The summed E-state index contributed by atoms with van der Waals surface area (Å²) < 4.78 is 5.17. The molecule has 0 spiro atoms. The van der Waals surface area contributed by atoms with Crippen LogP contribution in [0.15, 0.2) is 11.3 Å². The van der Waals surface area contributed by atoms with Crippen molar-refractivity contribution in [3.63, 3.8) is 0 Å². The van der Waals surface area contributed by atoms with Gasteiger partial charge in [-0.3, -0.25) is 14.4 Å². The van der Waals surface area contributed by atoms with Gasteiger partial charge in [0.2, 0.25) is 0 Å². The van der Waals surface area contributed by atoms with E-state index in [-0.39, 0.29) is 17.5 Å². The number of hydrogen-bond donors (Lipinski definition) is 0. The molecule has 0 amide bonds. The summed E-state index contributed by atoms with van der Waals surface area (Å²) in [6.07, 6.45) is 0. The third-order valence-corrected chi connectivity index (χ3v) is 3.48. The first-order valence-electron chi connectivity index (χ1n) is 6.03. The first-order valence-corrected chi connectivity index (χ1v) is 6.03. The van der Waals surface area contributed by atoms with Gasteiger partial charge in [0, 0.05) is 11.5 Å². The van der Waals surface area contributed by atoms with Crippen molar-refractivity contribution >= 4 is 17.3 Å². The minimum Gasteiger partial charge on any atom is -0.500 e. The van der Waals surface area contributed by atoms with Gasteiger partial charge in [-0.15, -0.1) is 0 Å². The number of rotatable bonds is 3. The van der Waals surface area contributed by atoms with Crippen molar-refractivity contribution in [3.05, 3.63) is 11.3 Å². The van der Waals surface area contributed by atoms with E-state index in [1.54, 1.807) is 34.6 Å². The van der Waals surface area contributed by atoms with Crippen LogP contribution in [0.2, 0.25) is 0 Å². The van der Waals surface area contributed by atoms with Crippen molar-refractivity contribution in [3.8, 4) is 0 Å². The lowest BCUT2D eigenvalue weighted by Crippen LogP contribution is -2.47. The van der Waals surface area contributed by atoms with E-state index in [1.165, 1.54) is 7.11 Å². The van der Waals surface area contributed by atoms with Crippen LogP contribution < -0.4 is 0 Å². The van der Waals surface area contributed by atoms with Crippen LogP contribution >= 0.6 is 0 Å². The Morgan fingerprint density at radius 1 is 1.28 bits per heavy atom. The van der Waals surface area contributed by atoms with E-state index in [0.717, 1.165) is 0 Å². The molecule has 1 aliphatic rings. The fraction of sp³-hybridized carbons (Fsp3) is 0.643. The highest BCUT2D eigenvalue weighted by atomic mass is 16.5. The van der Waals surface area contributed by atoms with Crippen molar-refractivity contribution in [2.45, 2.75) is 34.6 Å². The van der Waals surface area contributed by atoms with Gasteiger partial charge in [0.25, 0.3) is 0 Å². The number of Topliss-reactive ketones (excluding diaryl/α,β-unsaturated/α-hetero) is 3. The number of methoxy groups -OCH3 is 1. The molecule has 0 bridgehead atoms. The molecule has 0 unspecified atom stereocenters. The average molecular weight is 252 g/mol. The molecular formula is C14H20O4. The molecule has 0 fully saturated rings. The lowest BCUT2D eigenvalue weighted by Gasteiger charge is -2.34. The van der Waals surface area contributed by atoms with Gasteiger partial charge in [0.05, 0.1) is 12.5 Å². The van der Waals surface area contributed by atoms with Gasteiger partial charge in [-0.05, 0) is 20.8 Å². The molecular weight excluding hydrogens is 232 g/mol. The Labute approximate surface area is 107 Å². The maximum atomic E-state index is 12.4. The summed E-state index contributed by atoms with van der Waals surface area (Å²) in [5.74, 6) is -2.24. The van der Waals surface area contributed by atoms with Crippen LogP contribution in [-0.4, -0.2) is 24.5 Å². The zero-order chi connectivity index (χ0) is 14.2. The molecule has 1 rings (SSSR count). The molecule has 0 aromatic rings. The third-order valence-electron chi connectivity index (χ3n) is 3.48. The molecule has 1 aliphatic carbocycles. The minimum atomic E-state index is -1.17. The van der Waals surface area contributed by atoms with Crippen molar-refractivity contribution in [2.24, 2.45) is 17.3 Å². The largest absolute Gasteiger partial charge is 0.500 e. The SMILES string of the molecule is COC1=C(C)C(=O)[C@H](C(=O)C(C)C)C(=O)C1(C)C. The molecule has 0 saturated heterocycles. The predicted octanol–water partition coefficient (Wildman–Crippen LogP) is 1.93. The van der Waals surface area contributed by atoms with Gasteiger partial charge in [0.15, 0.2) is 17.3 Å². The van der Waals surface area contributed by atoms with Gasteiger partial charge in [-0.1, -0.05) is 13.8 Å². The van der Waals surface area contributed by atoms with E-state index in [9.17, 15) is 14.4 Å². The molecule has 0 saturated carbocycles. The first kappa shape index (κ1) is 14.6. The lowest BCUT2D eigenvalue weighted by atomic mass is 9.68. The summed E-state index contributed by atoms with van der Waals surface area (Å²) in [5, 5.41) is 0. The highest BCUT2D eigenvalue weighted by Crippen LogP contribution is 2.39. The number of carbonyl (C=O) groups is 3. The van der Waals surface area contributed by atoms with Crippen LogP contribution in [0, 0.1) is 17.3 Å². The Kier molecular flexibility index (Phi) is 3.79. The van der Waals surface area contributed by atoms with Crippen LogP contribution in [0.5, 0.6) is 0 Å². The molecule has 4 heteroatoms. The van der Waals surface area contributed by atoms with Gasteiger partial charge in [-0.2, -0.15) is 0 Å². The predicted molar refractivity (Wildman–Crippen MR) is 66.8 cm³/mol. The summed E-state index contributed by atoms with van der Waals surface area (Å²) in [7, 11) is 1.44. The zero-order valence-corrected chi connectivity index (χ0v) is 11.8. The smallest absolute Gasteiger partial charge is 0.179 e. The fourth-order valence-electron chi connectivity index (χ4n) is 2.39. The number of ether oxygens (including phenoxy) is 1. The van der Waals surface area contributed by atoms with Gasteiger partial charge < -0.3 is 4.74 Å². The quantitative estimate of drug-likeness (QED) is 0.720. The number of ketones is 3. The first-order chi connectivity index (χ1) is 8.16. The molecule has 0 N–H and O–H groups in total. The second kappa shape index (κ2) is 4.67. The van der Waals surface area contributed by atoms with Crippen molar-refractivity contribution in [1.82, 2.24) is 0 Å².